The molecular weight excluding hydrogens is 377 g/mol. The quantitative estimate of drug-likeness (QED) is 0.728. The van der Waals surface area contributed by atoms with Gasteiger partial charge in [-0.2, -0.15) is 4.98 Å². The lowest BCUT2D eigenvalue weighted by molar-refractivity contribution is 0.272. The van der Waals surface area contributed by atoms with Crippen molar-refractivity contribution in [3.05, 3.63) is 44.3 Å². The Kier molecular flexibility index (Phi) is 3.45. The first kappa shape index (κ1) is 15.3. The number of aromatic amines is 1. The molecule has 2 aromatic heterocycles. The second-order valence-corrected chi connectivity index (χ2v) is 7.01. The van der Waals surface area contributed by atoms with Gasteiger partial charge in [-0.3, -0.25) is 9.78 Å². The highest BCUT2D eigenvalue weighted by Gasteiger charge is 2.28. The van der Waals surface area contributed by atoms with E-state index in [1.54, 1.807) is 15.8 Å². The summed E-state index contributed by atoms with van der Waals surface area (Å²) < 4.78 is 15.7. The monoisotopic (exact) mass is 391 g/mol. The van der Waals surface area contributed by atoms with E-state index in [2.05, 4.69) is 31.0 Å². The highest BCUT2D eigenvalue weighted by Crippen LogP contribution is 2.25. The van der Waals surface area contributed by atoms with Crippen molar-refractivity contribution >= 4 is 32.9 Å². The van der Waals surface area contributed by atoms with Gasteiger partial charge in [-0.15, -0.1) is 5.10 Å². The highest BCUT2D eigenvalue weighted by atomic mass is 79.9. The zero-order chi connectivity index (χ0) is 17.0. The summed E-state index contributed by atoms with van der Waals surface area (Å²) in [6.07, 6.45) is 0.819. The van der Waals surface area contributed by atoms with Crippen LogP contribution >= 0.6 is 15.9 Å². The van der Waals surface area contributed by atoms with Crippen LogP contribution in [0.4, 0.5) is 10.3 Å². The van der Waals surface area contributed by atoms with Crippen molar-refractivity contribution < 1.29 is 4.39 Å². The fraction of sp³-hybridized carbons (Fsp3) is 0.312. The van der Waals surface area contributed by atoms with Gasteiger partial charge in [-0.05, 0) is 37.1 Å². The summed E-state index contributed by atoms with van der Waals surface area (Å²) in [5.41, 5.74) is 3.09. The van der Waals surface area contributed by atoms with Gasteiger partial charge in [0.1, 0.15) is 11.6 Å². The SMILES string of the molecule is Cc1cc(Br)cc(C)c1-n1cc2c(=O)[nH]c(N3CC(F)C3)nc2n1. The van der Waals surface area contributed by atoms with E-state index >= 15 is 0 Å². The number of halogens is 2. The van der Waals surface area contributed by atoms with Crippen molar-refractivity contribution in [2.75, 3.05) is 18.0 Å². The third kappa shape index (κ3) is 2.41. The maximum Gasteiger partial charge on any atom is 0.263 e. The van der Waals surface area contributed by atoms with E-state index in [0.717, 1.165) is 21.3 Å². The number of rotatable bonds is 2. The number of aryl methyl sites for hydroxylation is 2. The number of alkyl halides is 1. The minimum Gasteiger partial charge on any atom is -0.336 e. The first-order valence-corrected chi connectivity index (χ1v) is 8.37. The first-order valence-electron chi connectivity index (χ1n) is 7.58. The van der Waals surface area contributed by atoms with Gasteiger partial charge < -0.3 is 4.90 Å². The molecule has 1 aromatic carbocycles. The molecule has 0 amide bonds. The van der Waals surface area contributed by atoms with E-state index in [4.69, 9.17) is 0 Å². The molecule has 1 N–H and O–H groups in total. The molecule has 1 aliphatic heterocycles. The molecular formula is C16H15BrFN5O. The lowest BCUT2D eigenvalue weighted by Gasteiger charge is -2.34. The molecule has 4 rings (SSSR count). The number of benzene rings is 1. The summed E-state index contributed by atoms with van der Waals surface area (Å²) in [6.45, 7) is 4.48. The second kappa shape index (κ2) is 5.41. The number of anilines is 1. The molecule has 0 bridgehead atoms. The Morgan fingerprint density at radius 3 is 2.58 bits per heavy atom. The topological polar surface area (TPSA) is 66.8 Å². The Morgan fingerprint density at radius 2 is 1.96 bits per heavy atom. The molecule has 1 saturated heterocycles. The van der Waals surface area contributed by atoms with Gasteiger partial charge >= 0.3 is 0 Å². The average molecular weight is 392 g/mol. The molecule has 0 atom stereocenters. The van der Waals surface area contributed by atoms with E-state index < -0.39 is 6.17 Å². The van der Waals surface area contributed by atoms with Crippen molar-refractivity contribution in [1.29, 1.82) is 0 Å². The molecule has 3 heterocycles. The van der Waals surface area contributed by atoms with Crippen molar-refractivity contribution in [1.82, 2.24) is 19.7 Å². The Balaban J connectivity index is 1.84. The van der Waals surface area contributed by atoms with E-state index in [1.165, 1.54) is 0 Å². The molecule has 24 heavy (non-hydrogen) atoms. The fourth-order valence-corrected chi connectivity index (χ4v) is 3.72. The van der Waals surface area contributed by atoms with Crippen LogP contribution in [0.3, 0.4) is 0 Å². The molecule has 0 radical (unpaired) electrons. The van der Waals surface area contributed by atoms with Crippen molar-refractivity contribution in [3.8, 4) is 5.69 Å². The number of aromatic nitrogens is 4. The summed E-state index contributed by atoms with van der Waals surface area (Å²) in [5, 5.41) is 4.88. The Bertz CT molecular complexity index is 982. The molecule has 0 aliphatic carbocycles. The second-order valence-electron chi connectivity index (χ2n) is 6.09. The summed E-state index contributed by atoms with van der Waals surface area (Å²) in [7, 11) is 0. The number of fused-ring (bicyclic) bond motifs is 1. The van der Waals surface area contributed by atoms with Crippen LogP contribution in [0.25, 0.3) is 16.7 Å². The van der Waals surface area contributed by atoms with Crippen LogP contribution in [0.5, 0.6) is 0 Å². The smallest absolute Gasteiger partial charge is 0.263 e. The summed E-state index contributed by atoms with van der Waals surface area (Å²) >= 11 is 3.48. The number of hydrogen-bond donors (Lipinski definition) is 1. The van der Waals surface area contributed by atoms with Gasteiger partial charge in [0, 0.05) is 10.7 Å². The molecule has 0 saturated carbocycles. The maximum absolute atomic E-state index is 13.0. The van der Waals surface area contributed by atoms with Crippen LogP contribution in [0.2, 0.25) is 0 Å². The average Bonchev–Trinajstić information content (AvgIpc) is 2.86. The summed E-state index contributed by atoms with van der Waals surface area (Å²) in [6, 6.07) is 4.00. The van der Waals surface area contributed by atoms with Gasteiger partial charge in [0.15, 0.2) is 5.65 Å². The molecule has 0 unspecified atom stereocenters. The number of H-pyrrole nitrogens is 1. The molecule has 0 spiro atoms. The number of hydrogen-bond acceptors (Lipinski definition) is 4. The van der Waals surface area contributed by atoms with Crippen LogP contribution in [0.15, 0.2) is 27.6 Å². The lowest BCUT2D eigenvalue weighted by atomic mass is 10.1. The third-order valence-electron chi connectivity index (χ3n) is 4.20. The largest absolute Gasteiger partial charge is 0.336 e. The molecule has 3 aromatic rings. The predicted octanol–water partition coefficient (Wildman–Crippen LogP) is 2.65. The van der Waals surface area contributed by atoms with Gasteiger partial charge in [-0.1, -0.05) is 15.9 Å². The van der Waals surface area contributed by atoms with Gasteiger partial charge in [0.2, 0.25) is 5.95 Å². The molecule has 6 nitrogen and oxygen atoms in total. The standard InChI is InChI=1S/C16H15BrFN5O/c1-8-3-10(17)4-9(2)13(8)23-7-12-14(21-23)19-16(20-15(12)24)22-5-11(18)6-22/h3-4,7,11H,5-6H2,1-2H3,(H,19,20,21,24). The van der Waals surface area contributed by atoms with Crippen LogP contribution in [-0.4, -0.2) is 39.0 Å². The Morgan fingerprint density at radius 1 is 1.29 bits per heavy atom. The van der Waals surface area contributed by atoms with Crippen molar-refractivity contribution in [2.45, 2.75) is 20.0 Å². The third-order valence-corrected chi connectivity index (χ3v) is 4.66. The van der Waals surface area contributed by atoms with Gasteiger partial charge in [0.05, 0.1) is 18.8 Å². The van der Waals surface area contributed by atoms with Crippen LogP contribution in [0, 0.1) is 13.8 Å². The van der Waals surface area contributed by atoms with Crippen molar-refractivity contribution in [3.63, 3.8) is 0 Å². The normalized spacial score (nSPS) is 15.1. The van der Waals surface area contributed by atoms with E-state index in [0.29, 0.717) is 17.0 Å². The number of nitrogens with zero attached hydrogens (tertiary/aromatic N) is 4. The van der Waals surface area contributed by atoms with Crippen LogP contribution in [0.1, 0.15) is 11.1 Å². The lowest BCUT2D eigenvalue weighted by Crippen LogP contribution is -2.49. The van der Waals surface area contributed by atoms with E-state index in [9.17, 15) is 9.18 Å². The Labute approximate surface area is 145 Å². The predicted molar refractivity (Wildman–Crippen MR) is 93.8 cm³/mol. The molecule has 8 heteroatoms. The molecule has 1 fully saturated rings. The van der Waals surface area contributed by atoms with Gasteiger partial charge in [0.25, 0.3) is 5.56 Å². The van der Waals surface area contributed by atoms with Crippen LogP contribution < -0.4 is 10.5 Å². The highest BCUT2D eigenvalue weighted by molar-refractivity contribution is 9.10. The number of nitrogens with one attached hydrogen (secondary N) is 1. The summed E-state index contributed by atoms with van der Waals surface area (Å²) in [5.74, 6) is 0.371. The first-order chi connectivity index (χ1) is 11.4. The Hall–Kier alpha value is -2.22. The van der Waals surface area contributed by atoms with E-state index in [-0.39, 0.29) is 18.6 Å². The maximum atomic E-state index is 13.0. The molecule has 1 aliphatic rings. The minimum atomic E-state index is -0.864. The molecule has 124 valence electrons. The van der Waals surface area contributed by atoms with Gasteiger partial charge in [-0.25, -0.2) is 9.07 Å². The van der Waals surface area contributed by atoms with Crippen LogP contribution in [-0.2, 0) is 0 Å². The summed E-state index contributed by atoms with van der Waals surface area (Å²) in [4.78, 5) is 21.1. The zero-order valence-electron chi connectivity index (χ0n) is 13.2. The zero-order valence-corrected chi connectivity index (χ0v) is 14.8. The van der Waals surface area contributed by atoms with E-state index in [1.807, 2.05) is 26.0 Å². The minimum absolute atomic E-state index is 0.250. The fourth-order valence-electron chi connectivity index (χ4n) is 3.03. The van der Waals surface area contributed by atoms with Crippen molar-refractivity contribution in [2.24, 2.45) is 0 Å².